The minimum absolute atomic E-state index is 0.0505. The van der Waals surface area contributed by atoms with E-state index in [1.54, 1.807) is 25.6 Å². The standard InChI is InChI=1S/C18H20N4O3/c1-24-14-5-3-13(4-6-14)7-10-22-15-11-21(12-16(15)25-18(22)23)17-19-8-2-9-20-17/h2-6,8-9,15-16H,7,10-12H2,1H3/t15-,16+/m1/s1. The molecule has 1 aromatic heterocycles. The van der Waals surface area contributed by atoms with E-state index in [0.29, 0.717) is 25.6 Å². The topological polar surface area (TPSA) is 67.8 Å². The first-order valence-electron chi connectivity index (χ1n) is 8.37. The second kappa shape index (κ2) is 6.58. The molecule has 130 valence electrons. The minimum atomic E-state index is -0.225. The maximum Gasteiger partial charge on any atom is 0.410 e. The molecule has 1 amide bonds. The fourth-order valence-electron chi connectivity index (χ4n) is 3.42. The van der Waals surface area contributed by atoms with Crippen molar-refractivity contribution < 1.29 is 14.3 Å². The number of nitrogens with zero attached hydrogens (tertiary/aromatic N) is 4. The van der Waals surface area contributed by atoms with Crippen molar-refractivity contribution in [1.82, 2.24) is 14.9 Å². The van der Waals surface area contributed by atoms with Gasteiger partial charge >= 0.3 is 6.09 Å². The van der Waals surface area contributed by atoms with E-state index in [1.807, 2.05) is 29.2 Å². The maximum atomic E-state index is 12.2. The second-order valence-corrected chi connectivity index (χ2v) is 6.23. The summed E-state index contributed by atoms with van der Waals surface area (Å²) in [4.78, 5) is 24.7. The lowest BCUT2D eigenvalue weighted by molar-refractivity contribution is 0.136. The molecule has 0 bridgehead atoms. The highest BCUT2D eigenvalue weighted by Crippen LogP contribution is 2.29. The summed E-state index contributed by atoms with van der Waals surface area (Å²) in [7, 11) is 1.65. The van der Waals surface area contributed by atoms with Gasteiger partial charge in [0.2, 0.25) is 5.95 Å². The summed E-state index contributed by atoms with van der Waals surface area (Å²) in [6.07, 6.45) is 3.89. The van der Waals surface area contributed by atoms with Crippen LogP contribution in [0.2, 0.25) is 0 Å². The number of carbonyl (C=O) groups excluding carboxylic acids is 1. The summed E-state index contributed by atoms with van der Waals surface area (Å²) < 4.78 is 10.7. The summed E-state index contributed by atoms with van der Waals surface area (Å²) in [6, 6.07) is 9.76. The molecular weight excluding hydrogens is 320 g/mol. The number of anilines is 1. The first kappa shape index (κ1) is 15.7. The van der Waals surface area contributed by atoms with Gasteiger partial charge in [0.1, 0.15) is 11.9 Å². The first-order valence-corrected chi connectivity index (χ1v) is 8.37. The molecule has 2 aromatic rings. The van der Waals surface area contributed by atoms with E-state index in [1.165, 1.54) is 5.56 Å². The zero-order valence-electron chi connectivity index (χ0n) is 14.0. The monoisotopic (exact) mass is 340 g/mol. The number of fused-ring (bicyclic) bond motifs is 1. The van der Waals surface area contributed by atoms with Gasteiger partial charge in [0.05, 0.1) is 19.7 Å². The van der Waals surface area contributed by atoms with Crippen LogP contribution in [-0.4, -0.2) is 59.9 Å². The minimum Gasteiger partial charge on any atom is -0.497 e. The summed E-state index contributed by atoms with van der Waals surface area (Å²) >= 11 is 0. The van der Waals surface area contributed by atoms with E-state index in [9.17, 15) is 4.79 Å². The quantitative estimate of drug-likeness (QED) is 0.826. The number of benzene rings is 1. The van der Waals surface area contributed by atoms with Crippen molar-refractivity contribution in [3.05, 3.63) is 48.3 Å². The van der Waals surface area contributed by atoms with Gasteiger partial charge in [-0.05, 0) is 30.2 Å². The van der Waals surface area contributed by atoms with Crippen molar-refractivity contribution in [2.45, 2.75) is 18.6 Å². The van der Waals surface area contributed by atoms with Gasteiger partial charge in [0.25, 0.3) is 0 Å². The molecule has 2 saturated heterocycles. The van der Waals surface area contributed by atoms with Gasteiger partial charge < -0.3 is 14.4 Å². The van der Waals surface area contributed by atoms with Crippen LogP contribution in [0, 0.1) is 0 Å². The van der Waals surface area contributed by atoms with Crippen LogP contribution in [0.4, 0.5) is 10.7 Å². The Balaban J connectivity index is 1.40. The van der Waals surface area contributed by atoms with Crippen LogP contribution in [-0.2, 0) is 11.2 Å². The number of hydrogen-bond acceptors (Lipinski definition) is 6. The first-order chi connectivity index (χ1) is 12.2. The van der Waals surface area contributed by atoms with Crippen LogP contribution < -0.4 is 9.64 Å². The fraction of sp³-hybridized carbons (Fsp3) is 0.389. The number of carbonyl (C=O) groups is 1. The molecule has 0 radical (unpaired) electrons. The van der Waals surface area contributed by atoms with Gasteiger partial charge in [0.15, 0.2) is 0 Å². The zero-order chi connectivity index (χ0) is 17.2. The Morgan fingerprint density at radius 2 is 1.96 bits per heavy atom. The average Bonchev–Trinajstić information content (AvgIpc) is 3.18. The fourth-order valence-corrected chi connectivity index (χ4v) is 3.42. The highest BCUT2D eigenvalue weighted by Gasteiger charge is 2.47. The van der Waals surface area contributed by atoms with Crippen molar-refractivity contribution in [1.29, 1.82) is 0 Å². The Bertz CT molecular complexity index is 738. The molecule has 0 saturated carbocycles. The SMILES string of the molecule is COc1ccc(CCN2C(=O)O[C@H]3CN(c4ncccn4)C[C@H]32)cc1. The van der Waals surface area contributed by atoms with Crippen LogP contribution in [0.3, 0.4) is 0 Å². The van der Waals surface area contributed by atoms with Gasteiger partial charge in [-0.15, -0.1) is 0 Å². The smallest absolute Gasteiger partial charge is 0.410 e. The number of amides is 1. The van der Waals surface area contributed by atoms with E-state index in [2.05, 4.69) is 14.9 Å². The summed E-state index contributed by atoms with van der Waals surface area (Å²) in [5, 5.41) is 0. The Hall–Kier alpha value is -2.83. The number of rotatable bonds is 5. The molecule has 0 N–H and O–H groups in total. The molecule has 2 atom stereocenters. The van der Waals surface area contributed by atoms with Crippen LogP contribution in [0.5, 0.6) is 5.75 Å². The normalized spacial score (nSPS) is 22.0. The molecule has 25 heavy (non-hydrogen) atoms. The zero-order valence-corrected chi connectivity index (χ0v) is 14.0. The molecule has 2 fully saturated rings. The van der Waals surface area contributed by atoms with Gasteiger partial charge in [-0.2, -0.15) is 0 Å². The molecular formula is C18H20N4O3. The molecule has 3 heterocycles. The molecule has 7 nitrogen and oxygen atoms in total. The third-order valence-corrected chi connectivity index (χ3v) is 4.76. The Morgan fingerprint density at radius 3 is 2.68 bits per heavy atom. The van der Waals surface area contributed by atoms with E-state index >= 15 is 0 Å². The highest BCUT2D eigenvalue weighted by atomic mass is 16.6. The third kappa shape index (κ3) is 3.09. The van der Waals surface area contributed by atoms with Crippen LogP contribution in [0.15, 0.2) is 42.7 Å². The Labute approximate surface area is 146 Å². The molecule has 0 aliphatic carbocycles. The van der Waals surface area contributed by atoms with Crippen molar-refractivity contribution in [3.63, 3.8) is 0 Å². The highest BCUT2D eigenvalue weighted by molar-refractivity contribution is 5.71. The average molecular weight is 340 g/mol. The third-order valence-electron chi connectivity index (χ3n) is 4.76. The van der Waals surface area contributed by atoms with Crippen LogP contribution >= 0.6 is 0 Å². The predicted molar refractivity (Wildman–Crippen MR) is 91.7 cm³/mol. The summed E-state index contributed by atoms with van der Waals surface area (Å²) in [5.74, 6) is 1.52. The lowest BCUT2D eigenvalue weighted by Crippen LogP contribution is -2.39. The lowest BCUT2D eigenvalue weighted by Gasteiger charge is -2.22. The maximum absolute atomic E-state index is 12.2. The molecule has 0 unspecified atom stereocenters. The number of methoxy groups -OCH3 is 1. The molecule has 2 aliphatic heterocycles. The van der Waals surface area contributed by atoms with Gasteiger partial charge in [-0.3, -0.25) is 4.90 Å². The van der Waals surface area contributed by atoms with Crippen molar-refractivity contribution in [2.75, 3.05) is 31.6 Å². The molecule has 0 spiro atoms. The Morgan fingerprint density at radius 1 is 1.20 bits per heavy atom. The van der Waals surface area contributed by atoms with E-state index in [-0.39, 0.29) is 18.2 Å². The van der Waals surface area contributed by atoms with E-state index < -0.39 is 0 Å². The molecule has 4 rings (SSSR count). The molecule has 1 aromatic carbocycles. The molecule has 7 heteroatoms. The van der Waals surface area contributed by atoms with Crippen molar-refractivity contribution >= 4 is 12.0 Å². The van der Waals surface area contributed by atoms with Crippen LogP contribution in [0.1, 0.15) is 5.56 Å². The van der Waals surface area contributed by atoms with E-state index in [0.717, 1.165) is 12.2 Å². The lowest BCUT2D eigenvalue weighted by atomic mass is 10.1. The van der Waals surface area contributed by atoms with Gasteiger partial charge in [-0.25, -0.2) is 14.8 Å². The largest absolute Gasteiger partial charge is 0.497 e. The van der Waals surface area contributed by atoms with Crippen molar-refractivity contribution in [3.8, 4) is 5.75 Å². The van der Waals surface area contributed by atoms with Gasteiger partial charge in [-0.1, -0.05) is 12.1 Å². The predicted octanol–water partition coefficient (Wildman–Crippen LogP) is 1.74. The Kier molecular flexibility index (Phi) is 4.13. The summed E-state index contributed by atoms with van der Waals surface area (Å²) in [5.41, 5.74) is 1.17. The van der Waals surface area contributed by atoms with Crippen molar-refractivity contribution in [2.24, 2.45) is 0 Å². The van der Waals surface area contributed by atoms with Crippen LogP contribution in [0.25, 0.3) is 0 Å². The summed E-state index contributed by atoms with van der Waals surface area (Å²) in [6.45, 7) is 1.97. The van der Waals surface area contributed by atoms with E-state index in [4.69, 9.17) is 9.47 Å². The molecule has 2 aliphatic rings. The number of hydrogen-bond donors (Lipinski definition) is 0. The number of ether oxygens (including phenoxy) is 2. The number of aromatic nitrogens is 2. The van der Waals surface area contributed by atoms with Gasteiger partial charge in [0, 0.05) is 25.5 Å². The second-order valence-electron chi connectivity index (χ2n) is 6.23.